The number of nitrogens with zero attached hydrogens (tertiary/aromatic N) is 1. The van der Waals surface area contributed by atoms with E-state index in [1.807, 2.05) is 6.07 Å². The molecule has 3 aromatic carbocycles. The number of hydrogen-bond donors (Lipinski definition) is 0. The van der Waals surface area contributed by atoms with E-state index in [-0.39, 0.29) is 30.1 Å². The smallest absolute Gasteiger partial charge is 0.293 e. The van der Waals surface area contributed by atoms with Crippen LogP contribution in [0.15, 0.2) is 77.7 Å². The summed E-state index contributed by atoms with van der Waals surface area (Å²) in [5, 5.41) is 0.271. The first-order chi connectivity index (χ1) is 15.0. The third-order valence-corrected chi connectivity index (χ3v) is 5.79. The molecule has 0 radical (unpaired) electrons. The molecule has 0 aliphatic carbocycles. The van der Waals surface area contributed by atoms with Crippen LogP contribution in [0.2, 0.25) is 5.02 Å². The first kappa shape index (κ1) is 21.2. The predicted octanol–water partition coefficient (Wildman–Crippen LogP) is 6.29. The van der Waals surface area contributed by atoms with Crippen LogP contribution in [-0.4, -0.2) is 16.0 Å². The lowest BCUT2D eigenvalue weighted by Crippen LogP contribution is -2.27. The van der Waals surface area contributed by atoms with E-state index in [1.165, 1.54) is 11.0 Å². The summed E-state index contributed by atoms with van der Waals surface area (Å²) in [5.74, 6) is -0.131. The highest BCUT2D eigenvalue weighted by Gasteiger charge is 2.34. The normalized spacial score (nSPS) is 15.0. The van der Waals surface area contributed by atoms with Crippen molar-refractivity contribution in [3.63, 3.8) is 0 Å². The molecule has 4 rings (SSSR count). The molecule has 7 heteroatoms. The summed E-state index contributed by atoms with van der Waals surface area (Å²) < 4.78 is 19.4. The quantitative estimate of drug-likeness (QED) is 0.411. The molecular weight excluding hydrogens is 437 g/mol. The van der Waals surface area contributed by atoms with E-state index in [1.54, 1.807) is 66.7 Å². The van der Waals surface area contributed by atoms with Crippen molar-refractivity contribution < 1.29 is 18.7 Å². The molecule has 1 aliphatic heterocycles. The topological polar surface area (TPSA) is 46.6 Å². The van der Waals surface area contributed by atoms with E-state index in [0.717, 1.165) is 17.3 Å². The van der Waals surface area contributed by atoms with Crippen LogP contribution in [0.3, 0.4) is 0 Å². The fourth-order valence-corrected chi connectivity index (χ4v) is 3.99. The third-order valence-electron chi connectivity index (χ3n) is 4.64. The van der Waals surface area contributed by atoms with Crippen LogP contribution in [0.4, 0.5) is 9.18 Å². The highest BCUT2D eigenvalue weighted by molar-refractivity contribution is 8.18. The maximum Gasteiger partial charge on any atom is 0.293 e. The minimum Gasteiger partial charge on any atom is -0.489 e. The number of rotatable bonds is 6. The zero-order valence-electron chi connectivity index (χ0n) is 16.3. The molecular formula is C24H17ClFNO3S. The van der Waals surface area contributed by atoms with Gasteiger partial charge in [-0.25, -0.2) is 4.39 Å². The molecule has 2 amide bonds. The molecule has 1 heterocycles. The molecule has 1 saturated heterocycles. The maximum atomic E-state index is 13.8. The monoisotopic (exact) mass is 453 g/mol. The number of imide groups is 1. The second-order valence-corrected chi connectivity index (χ2v) is 8.28. The van der Waals surface area contributed by atoms with Gasteiger partial charge in [-0.05, 0) is 59.3 Å². The summed E-state index contributed by atoms with van der Waals surface area (Å²) in [6.07, 6.45) is 1.66. The van der Waals surface area contributed by atoms with Crippen molar-refractivity contribution in [2.24, 2.45) is 0 Å². The minimum atomic E-state index is -0.345. The SMILES string of the molecule is O=C1S/C(=C\c2cccc(OCc3ccccc3F)c2)C(=O)N1Cc1ccc(Cl)cc1. The predicted molar refractivity (Wildman–Crippen MR) is 120 cm³/mol. The summed E-state index contributed by atoms with van der Waals surface area (Å²) in [7, 11) is 0. The number of carbonyl (C=O) groups is 2. The van der Waals surface area contributed by atoms with E-state index in [2.05, 4.69) is 0 Å². The number of benzene rings is 3. The molecule has 0 unspecified atom stereocenters. The van der Waals surface area contributed by atoms with Crippen molar-refractivity contribution in [1.29, 1.82) is 0 Å². The van der Waals surface area contributed by atoms with Crippen LogP contribution >= 0.6 is 23.4 Å². The van der Waals surface area contributed by atoms with Gasteiger partial charge in [0.1, 0.15) is 18.2 Å². The van der Waals surface area contributed by atoms with E-state index in [4.69, 9.17) is 16.3 Å². The van der Waals surface area contributed by atoms with E-state index in [0.29, 0.717) is 26.8 Å². The molecule has 0 bridgehead atoms. The van der Waals surface area contributed by atoms with Gasteiger partial charge in [-0.15, -0.1) is 0 Å². The number of ether oxygens (including phenoxy) is 1. The van der Waals surface area contributed by atoms with Gasteiger partial charge in [0, 0.05) is 10.6 Å². The number of thioether (sulfide) groups is 1. The van der Waals surface area contributed by atoms with Crippen molar-refractivity contribution in [2.75, 3.05) is 0 Å². The summed E-state index contributed by atoms with van der Waals surface area (Å²) in [4.78, 5) is 26.6. The van der Waals surface area contributed by atoms with Crippen molar-refractivity contribution in [3.8, 4) is 5.75 Å². The van der Waals surface area contributed by atoms with Gasteiger partial charge in [-0.1, -0.05) is 54.1 Å². The molecule has 0 atom stereocenters. The van der Waals surface area contributed by atoms with E-state index in [9.17, 15) is 14.0 Å². The third kappa shape index (κ3) is 5.16. The lowest BCUT2D eigenvalue weighted by molar-refractivity contribution is -0.123. The Bertz CT molecular complexity index is 1160. The van der Waals surface area contributed by atoms with E-state index >= 15 is 0 Å². The van der Waals surface area contributed by atoms with Gasteiger partial charge < -0.3 is 4.74 Å². The zero-order chi connectivity index (χ0) is 21.8. The van der Waals surface area contributed by atoms with Crippen LogP contribution in [0.5, 0.6) is 5.75 Å². The Hall–Kier alpha value is -3.09. The van der Waals surface area contributed by atoms with Crippen LogP contribution in [0.1, 0.15) is 16.7 Å². The summed E-state index contributed by atoms with van der Waals surface area (Å²) in [6.45, 7) is 0.276. The number of carbonyl (C=O) groups excluding carboxylic acids is 2. The second-order valence-electron chi connectivity index (χ2n) is 6.85. The van der Waals surface area contributed by atoms with Crippen LogP contribution in [0.25, 0.3) is 6.08 Å². The van der Waals surface area contributed by atoms with Crippen molar-refractivity contribution >= 4 is 40.6 Å². The first-order valence-electron chi connectivity index (χ1n) is 9.46. The van der Waals surface area contributed by atoms with Gasteiger partial charge in [0.25, 0.3) is 11.1 Å². The fraction of sp³-hybridized carbons (Fsp3) is 0.0833. The largest absolute Gasteiger partial charge is 0.489 e. The number of halogens is 2. The van der Waals surface area contributed by atoms with Gasteiger partial charge >= 0.3 is 0 Å². The second kappa shape index (κ2) is 9.37. The van der Waals surface area contributed by atoms with Crippen LogP contribution < -0.4 is 4.74 Å². The molecule has 1 fully saturated rings. The van der Waals surface area contributed by atoms with Gasteiger partial charge in [0.15, 0.2) is 0 Å². The van der Waals surface area contributed by atoms with Gasteiger partial charge in [0.05, 0.1) is 11.4 Å². The molecule has 0 aromatic heterocycles. The van der Waals surface area contributed by atoms with Crippen LogP contribution in [-0.2, 0) is 17.9 Å². The van der Waals surface area contributed by atoms with Gasteiger partial charge in [0.2, 0.25) is 0 Å². The fourth-order valence-electron chi connectivity index (χ4n) is 3.03. The molecule has 0 spiro atoms. The Morgan fingerprint density at radius 1 is 1.00 bits per heavy atom. The zero-order valence-corrected chi connectivity index (χ0v) is 17.8. The Labute approximate surface area is 188 Å². The summed E-state index contributed by atoms with van der Waals surface area (Å²) in [6, 6.07) is 20.5. The highest BCUT2D eigenvalue weighted by Crippen LogP contribution is 2.33. The number of amides is 2. The Kier molecular flexibility index (Phi) is 6.39. The average molecular weight is 454 g/mol. The Morgan fingerprint density at radius 3 is 2.55 bits per heavy atom. The maximum absolute atomic E-state index is 13.8. The summed E-state index contributed by atoms with van der Waals surface area (Å²) >= 11 is 6.79. The summed E-state index contributed by atoms with van der Waals surface area (Å²) in [5.41, 5.74) is 1.98. The molecule has 0 N–H and O–H groups in total. The van der Waals surface area contributed by atoms with E-state index < -0.39 is 0 Å². The van der Waals surface area contributed by atoms with Crippen molar-refractivity contribution in [1.82, 2.24) is 4.90 Å². The lowest BCUT2D eigenvalue weighted by atomic mass is 10.2. The highest BCUT2D eigenvalue weighted by atomic mass is 35.5. The van der Waals surface area contributed by atoms with Gasteiger partial charge in [-0.3, -0.25) is 14.5 Å². The Balaban J connectivity index is 1.46. The van der Waals surface area contributed by atoms with Crippen molar-refractivity contribution in [2.45, 2.75) is 13.2 Å². The minimum absolute atomic E-state index is 0.0910. The molecule has 31 heavy (non-hydrogen) atoms. The molecule has 1 aliphatic rings. The molecule has 0 saturated carbocycles. The molecule has 4 nitrogen and oxygen atoms in total. The van der Waals surface area contributed by atoms with Gasteiger partial charge in [-0.2, -0.15) is 0 Å². The molecule has 3 aromatic rings. The van der Waals surface area contributed by atoms with Crippen molar-refractivity contribution in [3.05, 3.63) is 105 Å². The Morgan fingerprint density at radius 2 is 1.77 bits per heavy atom. The standard InChI is InChI=1S/C24H17ClFNO3S/c25-19-10-8-16(9-11-19)14-27-23(28)22(31-24(27)29)13-17-4-3-6-20(12-17)30-15-18-5-1-2-7-21(18)26/h1-13H,14-15H2/b22-13-. The first-order valence-corrected chi connectivity index (χ1v) is 10.6. The van der Waals surface area contributed by atoms with Crippen LogP contribution in [0, 0.1) is 5.82 Å². The molecule has 156 valence electrons. The average Bonchev–Trinajstić information content (AvgIpc) is 3.02. The number of hydrogen-bond acceptors (Lipinski definition) is 4. The lowest BCUT2D eigenvalue weighted by Gasteiger charge is -2.12.